The van der Waals surface area contributed by atoms with Gasteiger partial charge in [-0.2, -0.15) is 8.61 Å². The second kappa shape index (κ2) is 7.93. The molecule has 1 aliphatic carbocycles. The molecule has 1 aromatic rings. The van der Waals surface area contributed by atoms with Crippen LogP contribution >= 0.6 is 0 Å². The first-order valence-electron chi connectivity index (χ1n) is 8.99. The normalized spacial score (nSPS) is 21.2. The van der Waals surface area contributed by atoms with Crippen LogP contribution in [-0.2, 0) is 24.8 Å². The van der Waals surface area contributed by atoms with Crippen LogP contribution in [0.3, 0.4) is 0 Å². The summed E-state index contributed by atoms with van der Waals surface area (Å²) in [4.78, 5) is 0.0393. The maximum Gasteiger partial charge on any atom is 0.243 e. The van der Waals surface area contributed by atoms with Crippen molar-refractivity contribution in [2.45, 2.75) is 47.9 Å². The standard InChI is InChI=1S/C17H26N2O5S2/c1-18(15-6-3-2-4-7-15)25(20,21)16-8-5-9-17(14-16)26(22,23)19-10-12-24-13-11-19/h5,8-9,14-15H,2-4,6-7,10-13H2,1H3. The Labute approximate surface area is 156 Å². The van der Waals surface area contributed by atoms with E-state index in [1.54, 1.807) is 7.05 Å². The summed E-state index contributed by atoms with van der Waals surface area (Å²) in [6.07, 6.45) is 4.88. The van der Waals surface area contributed by atoms with E-state index in [2.05, 4.69) is 0 Å². The van der Waals surface area contributed by atoms with Gasteiger partial charge in [-0.25, -0.2) is 16.8 Å². The maximum absolute atomic E-state index is 13.0. The average molecular weight is 403 g/mol. The van der Waals surface area contributed by atoms with Crippen LogP contribution in [0.4, 0.5) is 0 Å². The Morgan fingerprint density at radius 2 is 1.62 bits per heavy atom. The van der Waals surface area contributed by atoms with E-state index in [4.69, 9.17) is 4.74 Å². The van der Waals surface area contributed by atoms with Crippen molar-refractivity contribution in [3.05, 3.63) is 24.3 Å². The predicted molar refractivity (Wildman–Crippen MR) is 97.8 cm³/mol. The van der Waals surface area contributed by atoms with Gasteiger partial charge in [-0.15, -0.1) is 0 Å². The molecule has 0 atom stereocenters. The molecule has 2 fully saturated rings. The fourth-order valence-electron chi connectivity index (χ4n) is 3.54. The smallest absolute Gasteiger partial charge is 0.243 e. The molecule has 1 saturated carbocycles. The van der Waals surface area contributed by atoms with E-state index in [0.717, 1.165) is 32.1 Å². The van der Waals surface area contributed by atoms with Gasteiger partial charge in [0.25, 0.3) is 0 Å². The molecule has 0 bridgehead atoms. The van der Waals surface area contributed by atoms with Crippen molar-refractivity contribution in [1.82, 2.24) is 8.61 Å². The van der Waals surface area contributed by atoms with Gasteiger partial charge >= 0.3 is 0 Å². The molecular weight excluding hydrogens is 376 g/mol. The number of rotatable bonds is 5. The number of nitrogens with zero attached hydrogens (tertiary/aromatic N) is 2. The van der Waals surface area contributed by atoms with E-state index in [1.807, 2.05) is 0 Å². The summed E-state index contributed by atoms with van der Waals surface area (Å²) < 4.78 is 59.5. The Balaban J connectivity index is 1.88. The van der Waals surface area contributed by atoms with Gasteiger partial charge in [0.15, 0.2) is 0 Å². The van der Waals surface area contributed by atoms with Gasteiger partial charge in [-0.05, 0) is 31.0 Å². The Morgan fingerprint density at radius 3 is 2.27 bits per heavy atom. The summed E-state index contributed by atoms with van der Waals surface area (Å²) in [6, 6.07) is 5.67. The van der Waals surface area contributed by atoms with Gasteiger partial charge in [0.1, 0.15) is 0 Å². The fourth-order valence-corrected chi connectivity index (χ4v) is 6.53. The van der Waals surface area contributed by atoms with Gasteiger partial charge in [0.2, 0.25) is 20.0 Å². The highest BCUT2D eigenvalue weighted by atomic mass is 32.2. The minimum atomic E-state index is -3.73. The molecule has 3 rings (SSSR count). The van der Waals surface area contributed by atoms with Gasteiger partial charge < -0.3 is 4.74 Å². The van der Waals surface area contributed by atoms with E-state index >= 15 is 0 Å². The lowest BCUT2D eigenvalue weighted by Gasteiger charge is -2.30. The molecule has 146 valence electrons. The second-order valence-electron chi connectivity index (χ2n) is 6.80. The minimum absolute atomic E-state index is 0.0116. The topological polar surface area (TPSA) is 84.0 Å². The number of morpholine rings is 1. The molecule has 26 heavy (non-hydrogen) atoms. The lowest BCUT2D eigenvalue weighted by Crippen LogP contribution is -2.41. The minimum Gasteiger partial charge on any atom is -0.379 e. The van der Waals surface area contributed by atoms with Crippen LogP contribution in [0.5, 0.6) is 0 Å². The average Bonchev–Trinajstić information content (AvgIpc) is 2.69. The Morgan fingerprint density at radius 1 is 1.00 bits per heavy atom. The van der Waals surface area contributed by atoms with E-state index in [1.165, 1.54) is 32.9 Å². The Hall–Kier alpha value is -1.00. The number of sulfonamides is 2. The fraction of sp³-hybridized carbons (Fsp3) is 0.647. The molecule has 9 heteroatoms. The lowest BCUT2D eigenvalue weighted by molar-refractivity contribution is 0.0730. The molecule has 0 unspecified atom stereocenters. The summed E-state index contributed by atoms with van der Waals surface area (Å²) in [5, 5.41) is 0. The molecule has 2 aliphatic rings. The van der Waals surface area contributed by atoms with Crippen LogP contribution < -0.4 is 0 Å². The first-order valence-corrected chi connectivity index (χ1v) is 11.9. The Bertz CT molecular complexity index is 826. The molecule has 0 spiro atoms. The molecule has 0 aromatic heterocycles. The van der Waals surface area contributed by atoms with E-state index in [-0.39, 0.29) is 28.9 Å². The quantitative estimate of drug-likeness (QED) is 0.748. The molecule has 1 saturated heterocycles. The first-order chi connectivity index (χ1) is 12.3. The summed E-state index contributed by atoms with van der Waals surface area (Å²) in [5.41, 5.74) is 0. The van der Waals surface area contributed by atoms with Crippen molar-refractivity contribution in [2.75, 3.05) is 33.4 Å². The molecule has 1 heterocycles. The molecular formula is C17H26N2O5S2. The number of ether oxygens (including phenoxy) is 1. The van der Waals surface area contributed by atoms with Crippen molar-refractivity contribution >= 4 is 20.0 Å². The predicted octanol–water partition coefficient (Wildman–Crippen LogP) is 1.66. The van der Waals surface area contributed by atoms with E-state index in [9.17, 15) is 16.8 Å². The molecule has 7 nitrogen and oxygen atoms in total. The Kier molecular flexibility index (Phi) is 6.03. The third kappa shape index (κ3) is 3.96. The highest BCUT2D eigenvalue weighted by Gasteiger charge is 2.31. The van der Waals surface area contributed by atoms with Crippen LogP contribution in [0.1, 0.15) is 32.1 Å². The van der Waals surface area contributed by atoms with Crippen molar-refractivity contribution in [1.29, 1.82) is 0 Å². The van der Waals surface area contributed by atoms with Gasteiger partial charge in [0, 0.05) is 26.2 Å². The van der Waals surface area contributed by atoms with E-state index in [0.29, 0.717) is 13.2 Å². The van der Waals surface area contributed by atoms with Crippen LogP contribution in [0.25, 0.3) is 0 Å². The summed E-state index contributed by atoms with van der Waals surface area (Å²) in [7, 11) is -5.86. The summed E-state index contributed by atoms with van der Waals surface area (Å²) in [6.45, 7) is 1.26. The molecule has 1 aromatic carbocycles. The van der Waals surface area contributed by atoms with E-state index < -0.39 is 20.0 Å². The highest BCUT2D eigenvalue weighted by Crippen LogP contribution is 2.28. The van der Waals surface area contributed by atoms with Gasteiger partial charge in [0.05, 0.1) is 23.0 Å². The van der Waals surface area contributed by atoms with Crippen LogP contribution in [-0.4, -0.2) is 64.8 Å². The number of hydrogen-bond donors (Lipinski definition) is 0. The van der Waals surface area contributed by atoms with Gasteiger partial charge in [-0.3, -0.25) is 0 Å². The third-order valence-corrected chi connectivity index (χ3v) is 8.98. The van der Waals surface area contributed by atoms with Gasteiger partial charge in [-0.1, -0.05) is 25.3 Å². The summed E-state index contributed by atoms with van der Waals surface area (Å²) in [5.74, 6) is 0. The summed E-state index contributed by atoms with van der Waals surface area (Å²) >= 11 is 0. The van der Waals surface area contributed by atoms with Crippen molar-refractivity contribution in [2.24, 2.45) is 0 Å². The zero-order chi connectivity index (χ0) is 18.8. The molecule has 0 radical (unpaired) electrons. The molecule has 0 N–H and O–H groups in total. The van der Waals surface area contributed by atoms with Crippen LogP contribution in [0.15, 0.2) is 34.1 Å². The van der Waals surface area contributed by atoms with Crippen molar-refractivity contribution < 1.29 is 21.6 Å². The van der Waals surface area contributed by atoms with Crippen LogP contribution in [0.2, 0.25) is 0 Å². The largest absolute Gasteiger partial charge is 0.379 e. The number of hydrogen-bond acceptors (Lipinski definition) is 5. The maximum atomic E-state index is 13.0. The number of benzene rings is 1. The lowest BCUT2D eigenvalue weighted by atomic mass is 9.96. The SMILES string of the molecule is CN(C1CCCCC1)S(=O)(=O)c1cccc(S(=O)(=O)N2CCOCC2)c1. The van der Waals surface area contributed by atoms with Crippen LogP contribution in [0, 0.1) is 0 Å². The third-order valence-electron chi connectivity index (χ3n) is 5.18. The second-order valence-corrected chi connectivity index (χ2v) is 10.7. The zero-order valence-corrected chi connectivity index (χ0v) is 16.6. The van der Waals surface area contributed by atoms with Crippen molar-refractivity contribution in [3.63, 3.8) is 0 Å². The first kappa shape index (κ1) is 19.8. The monoisotopic (exact) mass is 402 g/mol. The van der Waals surface area contributed by atoms with Crippen molar-refractivity contribution in [3.8, 4) is 0 Å². The highest BCUT2D eigenvalue weighted by molar-refractivity contribution is 7.90. The molecule has 0 amide bonds. The molecule has 1 aliphatic heterocycles. The zero-order valence-electron chi connectivity index (χ0n) is 15.0.